The highest BCUT2D eigenvalue weighted by Crippen LogP contribution is 2.33. The molecule has 2 N–H and O–H groups in total. The molecule has 0 bridgehead atoms. The fourth-order valence-corrected chi connectivity index (χ4v) is 2.40. The van der Waals surface area contributed by atoms with Crippen molar-refractivity contribution in [3.05, 3.63) is 23.0 Å². The zero-order valence-corrected chi connectivity index (χ0v) is 11.2. The summed E-state index contributed by atoms with van der Waals surface area (Å²) in [6.45, 7) is -0.0794. The summed E-state index contributed by atoms with van der Waals surface area (Å²) in [6.07, 6.45) is -2.66. The van der Waals surface area contributed by atoms with Crippen molar-refractivity contribution >= 4 is 23.2 Å². The third-order valence-corrected chi connectivity index (χ3v) is 3.56. The minimum atomic E-state index is -4.29. The lowest BCUT2D eigenvalue weighted by Crippen LogP contribution is -2.44. The van der Waals surface area contributed by atoms with Gasteiger partial charge >= 0.3 is 6.18 Å². The third kappa shape index (κ3) is 3.15. The minimum absolute atomic E-state index is 0.0366. The molecule has 1 fully saturated rings. The van der Waals surface area contributed by atoms with Crippen LogP contribution in [0.3, 0.4) is 0 Å². The Bertz CT molecular complexity index is 521. The Hall–Kier alpha value is -1.50. The van der Waals surface area contributed by atoms with Gasteiger partial charge in [0.2, 0.25) is 0 Å². The predicted molar refractivity (Wildman–Crippen MR) is 68.3 cm³/mol. The van der Waals surface area contributed by atoms with Gasteiger partial charge < -0.3 is 10.6 Å². The summed E-state index contributed by atoms with van der Waals surface area (Å²) in [4.78, 5) is 17.1. The normalized spacial score (nSPS) is 20.0. The summed E-state index contributed by atoms with van der Waals surface area (Å²) in [5.74, 6) is -2.06. The number of amides is 1. The molecule has 8 heteroatoms. The summed E-state index contributed by atoms with van der Waals surface area (Å²) >= 11 is 5.80. The maximum atomic E-state index is 12.7. The van der Waals surface area contributed by atoms with Gasteiger partial charge in [0, 0.05) is 13.1 Å². The second-order valence-corrected chi connectivity index (χ2v) is 5.10. The van der Waals surface area contributed by atoms with Crippen molar-refractivity contribution in [2.45, 2.75) is 19.0 Å². The molecule has 4 nitrogen and oxygen atoms in total. The molecule has 1 aromatic heterocycles. The van der Waals surface area contributed by atoms with Gasteiger partial charge in [0.15, 0.2) is 0 Å². The molecule has 1 amide bonds. The summed E-state index contributed by atoms with van der Waals surface area (Å²) < 4.78 is 38.2. The van der Waals surface area contributed by atoms with E-state index in [4.69, 9.17) is 17.3 Å². The van der Waals surface area contributed by atoms with Crippen molar-refractivity contribution in [3.63, 3.8) is 0 Å². The van der Waals surface area contributed by atoms with E-state index in [1.807, 2.05) is 0 Å². The fourth-order valence-electron chi connectivity index (χ4n) is 2.21. The topological polar surface area (TPSA) is 59.2 Å². The summed E-state index contributed by atoms with van der Waals surface area (Å²) in [6, 6.07) is 1.33. The highest BCUT2D eigenvalue weighted by Gasteiger charge is 2.42. The van der Waals surface area contributed by atoms with Gasteiger partial charge in [0.05, 0.1) is 23.4 Å². The molecule has 110 valence electrons. The zero-order chi connectivity index (χ0) is 14.9. The maximum absolute atomic E-state index is 12.7. The smallest absolute Gasteiger partial charge is 0.393 e. The summed E-state index contributed by atoms with van der Waals surface area (Å²) in [5.41, 5.74) is 5.79. The lowest BCUT2D eigenvalue weighted by atomic mass is 9.97. The largest absolute Gasteiger partial charge is 0.397 e. The molecule has 1 aliphatic heterocycles. The Labute approximate surface area is 118 Å². The Morgan fingerprint density at radius 1 is 1.50 bits per heavy atom. The van der Waals surface area contributed by atoms with Gasteiger partial charge in [-0.2, -0.15) is 13.2 Å². The van der Waals surface area contributed by atoms with Gasteiger partial charge in [0.1, 0.15) is 5.15 Å². The summed E-state index contributed by atoms with van der Waals surface area (Å²) in [7, 11) is 0. The highest BCUT2D eigenvalue weighted by atomic mass is 35.5. The number of hydrogen-bond donors (Lipinski definition) is 1. The molecule has 1 atom stereocenters. The number of halogens is 4. The Morgan fingerprint density at radius 2 is 2.20 bits per heavy atom. The van der Waals surface area contributed by atoms with Crippen molar-refractivity contribution < 1.29 is 18.0 Å². The SMILES string of the molecule is Nc1cnc(Cl)c(C(=O)N2CCCC(C(F)(F)F)C2)c1. The van der Waals surface area contributed by atoms with E-state index in [2.05, 4.69) is 4.98 Å². The van der Waals surface area contributed by atoms with Crippen molar-refractivity contribution in [2.75, 3.05) is 18.8 Å². The van der Waals surface area contributed by atoms with E-state index in [9.17, 15) is 18.0 Å². The number of carbonyl (C=O) groups is 1. The second-order valence-electron chi connectivity index (χ2n) is 4.74. The van der Waals surface area contributed by atoms with Gasteiger partial charge in [-0.3, -0.25) is 4.79 Å². The fraction of sp³-hybridized carbons (Fsp3) is 0.500. The van der Waals surface area contributed by atoms with E-state index in [0.717, 1.165) is 4.90 Å². The van der Waals surface area contributed by atoms with Crippen LogP contribution in [0.25, 0.3) is 0 Å². The van der Waals surface area contributed by atoms with Gasteiger partial charge in [-0.15, -0.1) is 0 Å². The molecule has 1 aromatic rings. The second kappa shape index (κ2) is 5.47. The quantitative estimate of drug-likeness (QED) is 0.812. The summed E-state index contributed by atoms with van der Waals surface area (Å²) in [5, 5.41) is -0.0571. The van der Waals surface area contributed by atoms with E-state index in [1.165, 1.54) is 12.3 Å². The van der Waals surface area contributed by atoms with Crippen molar-refractivity contribution in [1.29, 1.82) is 0 Å². The molecule has 1 aliphatic rings. The number of piperidine rings is 1. The van der Waals surface area contributed by atoms with Crippen LogP contribution in [0.4, 0.5) is 18.9 Å². The van der Waals surface area contributed by atoms with Crippen LogP contribution in [0.5, 0.6) is 0 Å². The first-order chi connectivity index (χ1) is 9.29. The van der Waals surface area contributed by atoms with Crippen LogP contribution >= 0.6 is 11.6 Å². The first-order valence-electron chi connectivity index (χ1n) is 6.06. The first-order valence-corrected chi connectivity index (χ1v) is 6.44. The predicted octanol–water partition coefficient (Wildman–Crippen LogP) is 2.73. The number of nitrogens with zero attached hydrogens (tertiary/aromatic N) is 2. The number of alkyl halides is 3. The van der Waals surface area contributed by atoms with Crippen LogP contribution < -0.4 is 5.73 Å². The number of likely N-dealkylation sites (tertiary alicyclic amines) is 1. The number of pyridine rings is 1. The molecule has 0 aromatic carbocycles. The average Bonchev–Trinajstić information content (AvgIpc) is 2.40. The molecule has 2 rings (SSSR count). The van der Waals surface area contributed by atoms with Crippen LogP contribution in [0.15, 0.2) is 12.3 Å². The molecular weight excluding hydrogens is 295 g/mol. The number of rotatable bonds is 1. The monoisotopic (exact) mass is 307 g/mol. The van der Waals surface area contributed by atoms with Crippen LogP contribution in [0.2, 0.25) is 5.15 Å². The Balaban J connectivity index is 2.18. The minimum Gasteiger partial charge on any atom is -0.397 e. The van der Waals surface area contributed by atoms with E-state index in [0.29, 0.717) is 6.42 Å². The molecule has 0 radical (unpaired) electrons. The Kier molecular flexibility index (Phi) is 4.08. The van der Waals surface area contributed by atoms with Crippen LogP contribution in [-0.2, 0) is 0 Å². The molecule has 20 heavy (non-hydrogen) atoms. The van der Waals surface area contributed by atoms with E-state index >= 15 is 0 Å². The number of nitrogens with two attached hydrogens (primary N) is 1. The Morgan fingerprint density at radius 3 is 2.85 bits per heavy atom. The van der Waals surface area contributed by atoms with Crippen molar-refractivity contribution in [3.8, 4) is 0 Å². The van der Waals surface area contributed by atoms with Gasteiger partial charge in [-0.05, 0) is 18.9 Å². The molecular formula is C12H13ClF3N3O. The van der Waals surface area contributed by atoms with Gasteiger partial charge in [0.25, 0.3) is 5.91 Å². The van der Waals surface area contributed by atoms with Gasteiger partial charge in [-0.25, -0.2) is 4.98 Å². The number of anilines is 1. The van der Waals surface area contributed by atoms with Crippen LogP contribution in [-0.4, -0.2) is 35.1 Å². The number of nitrogen functional groups attached to an aromatic ring is 1. The van der Waals surface area contributed by atoms with Crippen molar-refractivity contribution in [2.24, 2.45) is 5.92 Å². The average molecular weight is 308 g/mol. The highest BCUT2D eigenvalue weighted by molar-refractivity contribution is 6.32. The molecule has 0 saturated carbocycles. The maximum Gasteiger partial charge on any atom is 0.393 e. The lowest BCUT2D eigenvalue weighted by Gasteiger charge is -2.33. The molecule has 1 unspecified atom stereocenters. The third-order valence-electron chi connectivity index (χ3n) is 3.26. The zero-order valence-electron chi connectivity index (χ0n) is 10.5. The van der Waals surface area contributed by atoms with Crippen molar-refractivity contribution in [1.82, 2.24) is 9.88 Å². The van der Waals surface area contributed by atoms with Gasteiger partial charge in [-0.1, -0.05) is 11.6 Å². The molecule has 1 saturated heterocycles. The lowest BCUT2D eigenvalue weighted by molar-refractivity contribution is -0.184. The number of carbonyl (C=O) groups excluding carboxylic acids is 1. The number of hydrogen-bond acceptors (Lipinski definition) is 3. The molecule has 0 spiro atoms. The number of aromatic nitrogens is 1. The van der Waals surface area contributed by atoms with Crippen LogP contribution in [0.1, 0.15) is 23.2 Å². The standard InChI is InChI=1S/C12H13ClF3N3O/c13-10-9(4-8(17)5-18-10)11(20)19-3-1-2-7(6-19)12(14,15)16/h4-5,7H,1-3,6,17H2. The first kappa shape index (κ1) is 14.9. The van der Waals surface area contributed by atoms with E-state index < -0.39 is 18.0 Å². The van der Waals surface area contributed by atoms with Crippen LogP contribution in [0, 0.1) is 5.92 Å². The molecule has 2 heterocycles. The van der Waals surface area contributed by atoms with E-state index in [-0.39, 0.29) is 35.9 Å². The molecule has 0 aliphatic carbocycles. The van der Waals surface area contributed by atoms with E-state index in [1.54, 1.807) is 0 Å².